The molecule has 0 saturated heterocycles. The molecule has 0 radical (unpaired) electrons. The van der Waals surface area contributed by atoms with Gasteiger partial charge in [0, 0.05) is 6.54 Å². The fourth-order valence-electron chi connectivity index (χ4n) is 3.89. The van der Waals surface area contributed by atoms with Gasteiger partial charge in [-0.1, -0.05) is 36.4 Å². The van der Waals surface area contributed by atoms with Crippen LogP contribution in [0.3, 0.4) is 0 Å². The fraction of sp³-hybridized carbons (Fsp3) is 0.321. The quantitative estimate of drug-likeness (QED) is 0.352. The molecule has 3 aromatic carbocycles. The first-order valence-corrected chi connectivity index (χ1v) is 13.5. The lowest BCUT2D eigenvalue weighted by atomic mass is 10.1. The van der Waals surface area contributed by atoms with Crippen molar-refractivity contribution in [2.75, 3.05) is 27.4 Å². The maximum Gasteiger partial charge on any atom is 0.241 e. The first-order chi connectivity index (χ1) is 17.8. The fourth-order valence-corrected chi connectivity index (χ4v) is 5.17. The van der Waals surface area contributed by atoms with Crippen LogP contribution in [0, 0.1) is 6.92 Å². The van der Waals surface area contributed by atoms with Gasteiger partial charge < -0.3 is 19.5 Å². The van der Waals surface area contributed by atoms with Crippen LogP contribution in [-0.2, 0) is 27.7 Å². The normalized spacial score (nSPS) is 12.0. The number of benzene rings is 3. The molecule has 3 aromatic rings. The van der Waals surface area contributed by atoms with E-state index in [-0.39, 0.29) is 11.3 Å². The molecule has 9 heteroatoms. The highest BCUT2D eigenvalue weighted by Gasteiger charge is 2.26. The average Bonchev–Trinajstić information content (AvgIpc) is 2.89. The molecule has 0 spiro atoms. The van der Waals surface area contributed by atoms with Crippen LogP contribution in [0.25, 0.3) is 0 Å². The minimum absolute atomic E-state index is 0.0737. The van der Waals surface area contributed by atoms with E-state index in [1.54, 1.807) is 39.3 Å². The van der Waals surface area contributed by atoms with Gasteiger partial charge in [0.05, 0.1) is 25.7 Å². The van der Waals surface area contributed by atoms with E-state index in [2.05, 4.69) is 10.0 Å². The summed E-state index contributed by atoms with van der Waals surface area (Å²) in [5, 5.41) is 2.87. The molecule has 0 heterocycles. The van der Waals surface area contributed by atoms with Crippen molar-refractivity contribution in [1.82, 2.24) is 10.0 Å². The van der Waals surface area contributed by atoms with E-state index in [1.165, 1.54) is 6.07 Å². The van der Waals surface area contributed by atoms with Crippen molar-refractivity contribution >= 4 is 15.9 Å². The molecule has 2 N–H and O–H groups in total. The number of hydrogen-bond donors (Lipinski definition) is 2. The largest absolute Gasteiger partial charge is 0.494 e. The molecule has 8 nitrogen and oxygen atoms in total. The number of ether oxygens (including phenoxy) is 3. The third-order valence-corrected chi connectivity index (χ3v) is 7.28. The Morgan fingerprint density at radius 1 is 0.892 bits per heavy atom. The second kappa shape index (κ2) is 13.1. The van der Waals surface area contributed by atoms with Gasteiger partial charge in [-0.2, -0.15) is 4.72 Å². The first-order valence-electron chi connectivity index (χ1n) is 12.1. The van der Waals surface area contributed by atoms with E-state index < -0.39 is 22.0 Å². The Balaban J connectivity index is 1.74. The predicted octanol–water partition coefficient (Wildman–Crippen LogP) is 3.66. The minimum atomic E-state index is -3.97. The topological polar surface area (TPSA) is 103 Å². The van der Waals surface area contributed by atoms with Gasteiger partial charge in [-0.15, -0.1) is 0 Å². The Morgan fingerprint density at radius 3 is 2.24 bits per heavy atom. The Bertz CT molecular complexity index is 1300. The van der Waals surface area contributed by atoms with E-state index >= 15 is 0 Å². The summed E-state index contributed by atoms with van der Waals surface area (Å²) in [5.41, 5.74) is 2.49. The van der Waals surface area contributed by atoms with Crippen molar-refractivity contribution in [2.24, 2.45) is 0 Å². The molecule has 0 fully saturated rings. The van der Waals surface area contributed by atoms with Gasteiger partial charge in [-0.05, 0) is 73.7 Å². The lowest BCUT2D eigenvalue weighted by Crippen LogP contribution is -2.48. The van der Waals surface area contributed by atoms with E-state index in [9.17, 15) is 13.2 Å². The number of amides is 1. The van der Waals surface area contributed by atoms with Crippen LogP contribution in [-0.4, -0.2) is 47.7 Å². The van der Waals surface area contributed by atoms with Gasteiger partial charge >= 0.3 is 0 Å². The molecule has 0 bridgehead atoms. The van der Waals surface area contributed by atoms with Crippen molar-refractivity contribution in [3.05, 3.63) is 83.4 Å². The SMILES string of the molecule is CCOc1ccc(S(=O)(=O)NC(Cc2ccccc2)C(=O)NCCc2ccc(OC)c(OC)c2)cc1C. The van der Waals surface area contributed by atoms with Crippen LogP contribution in [0.2, 0.25) is 0 Å². The molecule has 3 rings (SSSR count). The molecule has 0 aliphatic heterocycles. The van der Waals surface area contributed by atoms with Gasteiger partial charge in [-0.25, -0.2) is 8.42 Å². The Labute approximate surface area is 219 Å². The standard InChI is InChI=1S/C28H34N2O6S/c1-5-36-25-14-12-23(17-20(25)2)37(32,33)30-24(18-21-9-7-6-8-10-21)28(31)29-16-15-22-11-13-26(34-3)27(19-22)35-4/h6-14,17,19,24,30H,5,15-16,18H2,1-4H3,(H,29,31). The zero-order valence-corrected chi connectivity index (χ0v) is 22.4. The van der Waals surface area contributed by atoms with Crippen molar-refractivity contribution in [1.29, 1.82) is 0 Å². The molecule has 1 atom stereocenters. The number of carbonyl (C=O) groups excluding carboxylic acids is 1. The summed E-state index contributed by atoms with van der Waals surface area (Å²) in [6.07, 6.45) is 0.743. The average molecular weight is 527 g/mol. The van der Waals surface area contributed by atoms with Gasteiger partial charge in [0.1, 0.15) is 11.8 Å². The van der Waals surface area contributed by atoms with Crippen LogP contribution in [0.4, 0.5) is 0 Å². The Morgan fingerprint density at radius 2 is 1.59 bits per heavy atom. The molecule has 37 heavy (non-hydrogen) atoms. The van der Waals surface area contributed by atoms with E-state index in [4.69, 9.17) is 14.2 Å². The molecule has 198 valence electrons. The molecule has 1 unspecified atom stereocenters. The highest BCUT2D eigenvalue weighted by molar-refractivity contribution is 7.89. The van der Waals surface area contributed by atoms with Crippen LogP contribution < -0.4 is 24.2 Å². The summed E-state index contributed by atoms with van der Waals surface area (Å²) >= 11 is 0. The number of aryl methyl sites for hydroxylation is 1. The van der Waals surface area contributed by atoms with Crippen molar-refractivity contribution < 1.29 is 27.4 Å². The minimum Gasteiger partial charge on any atom is -0.494 e. The van der Waals surface area contributed by atoms with Gasteiger partial charge in [0.25, 0.3) is 0 Å². The smallest absolute Gasteiger partial charge is 0.241 e. The third kappa shape index (κ3) is 7.71. The van der Waals surface area contributed by atoms with E-state index in [1.807, 2.05) is 49.4 Å². The van der Waals surface area contributed by atoms with Gasteiger partial charge in [0.2, 0.25) is 15.9 Å². The Hall–Kier alpha value is -3.56. The molecule has 1 amide bonds. The summed E-state index contributed by atoms with van der Waals surface area (Å²) < 4.78 is 45.2. The summed E-state index contributed by atoms with van der Waals surface area (Å²) in [6, 6.07) is 18.5. The molecular formula is C28H34N2O6S. The number of sulfonamides is 1. The van der Waals surface area contributed by atoms with Crippen molar-refractivity contribution in [3.8, 4) is 17.2 Å². The number of hydrogen-bond acceptors (Lipinski definition) is 6. The molecule has 0 aliphatic rings. The molecular weight excluding hydrogens is 492 g/mol. The van der Waals surface area contributed by atoms with E-state index in [0.717, 1.165) is 11.1 Å². The van der Waals surface area contributed by atoms with Crippen molar-refractivity contribution in [3.63, 3.8) is 0 Å². The second-order valence-electron chi connectivity index (χ2n) is 8.45. The van der Waals surface area contributed by atoms with E-state index in [0.29, 0.717) is 42.4 Å². The van der Waals surface area contributed by atoms with Crippen LogP contribution in [0.1, 0.15) is 23.6 Å². The first kappa shape index (κ1) is 28.0. The molecule has 0 aliphatic carbocycles. The van der Waals surface area contributed by atoms with Crippen LogP contribution in [0.15, 0.2) is 71.6 Å². The zero-order valence-electron chi connectivity index (χ0n) is 21.6. The molecule has 0 aromatic heterocycles. The summed E-state index contributed by atoms with van der Waals surface area (Å²) in [7, 11) is -0.835. The maximum atomic E-state index is 13.2. The number of carbonyl (C=O) groups is 1. The Kier molecular flexibility index (Phi) is 9.93. The highest BCUT2D eigenvalue weighted by Crippen LogP contribution is 2.27. The summed E-state index contributed by atoms with van der Waals surface area (Å²) in [6.45, 7) is 4.45. The summed E-state index contributed by atoms with van der Waals surface area (Å²) in [4.78, 5) is 13.2. The third-order valence-electron chi connectivity index (χ3n) is 5.81. The number of rotatable bonds is 13. The number of methoxy groups -OCH3 is 2. The lowest BCUT2D eigenvalue weighted by molar-refractivity contribution is -0.122. The van der Waals surface area contributed by atoms with Gasteiger partial charge in [0.15, 0.2) is 11.5 Å². The predicted molar refractivity (Wildman–Crippen MR) is 143 cm³/mol. The summed E-state index contributed by atoms with van der Waals surface area (Å²) in [5.74, 6) is 1.44. The van der Waals surface area contributed by atoms with Crippen LogP contribution in [0.5, 0.6) is 17.2 Å². The van der Waals surface area contributed by atoms with Crippen molar-refractivity contribution in [2.45, 2.75) is 37.6 Å². The monoisotopic (exact) mass is 526 g/mol. The molecule has 0 saturated carbocycles. The van der Waals surface area contributed by atoms with Gasteiger partial charge in [-0.3, -0.25) is 4.79 Å². The second-order valence-corrected chi connectivity index (χ2v) is 10.2. The van der Waals surface area contributed by atoms with Crippen LogP contribution >= 0.6 is 0 Å². The lowest BCUT2D eigenvalue weighted by Gasteiger charge is -2.19. The highest BCUT2D eigenvalue weighted by atomic mass is 32.2. The number of nitrogens with one attached hydrogen (secondary N) is 2. The zero-order chi connectivity index (χ0) is 26.8. The maximum absolute atomic E-state index is 13.2.